The van der Waals surface area contributed by atoms with Gasteiger partial charge in [0, 0.05) is 12.1 Å². The Balaban J connectivity index is 1.82. The standard InChI is InChI=1S/C15H14F3N3O3S/c16-15(17,18)10-2-1-3-12(8-10)25(23,24)21-11-4-5-13-9(6-11)7-14(22)20-19-13/h1-3,7-8,11,21H,4-6H2,(H,20,22). The molecule has 0 fully saturated rings. The lowest BCUT2D eigenvalue weighted by molar-refractivity contribution is -0.137. The van der Waals surface area contributed by atoms with Crippen LogP contribution in [0.3, 0.4) is 0 Å². The Labute approximate surface area is 141 Å². The lowest BCUT2D eigenvalue weighted by Crippen LogP contribution is -2.39. The number of nitrogens with zero attached hydrogens (tertiary/aromatic N) is 1. The van der Waals surface area contributed by atoms with Crippen LogP contribution in [0.2, 0.25) is 0 Å². The molecule has 0 radical (unpaired) electrons. The fourth-order valence-electron chi connectivity index (χ4n) is 2.77. The number of alkyl halides is 3. The molecule has 3 rings (SSSR count). The molecule has 2 N–H and O–H groups in total. The van der Waals surface area contributed by atoms with Crippen molar-refractivity contribution in [3.05, 3.63) is 57.5 Å². The molecule has 0 saturated carbocycles. The monoisotopic (exact) mass is 373 g/mol. The lowest BCUT2D eigenvalue weighted by atomic mass is 9.93. The third-order valence-electron chi connectivity index (χ3n) is 3.97. The van der Waals surface area contributed by atoms with E-state index in [1.165, 1.54) is 6.07 Å². The number of sulfonamides is 1. The van der Waals surface area contributed by atoms with Crippen molar-refractivity contribution in [1.29, 1.82) is 0 Å². The van der Waals surface area contributed by atoms with Gasteiger partial charge in [-0.1, -0.05) is 6.07 Å². The van der Waals surface area contributed by atoms with Gasteiger partial charge >= 0.3 is 6.18 Å². The van der Waals surface area contributed by atoms with E-state index < -0.39 is 32.7 Å². The number of hydrogen-bond donors (Lipinski definition) is 2. The smallest absolute Gasteiger partial charge is 0.268 e. The van der Waals surface area contributed by atoms with Gasteiger partial charge in [-0.25, -0.2) is 18.2 Å². The molecule has 10 heteroatoms. The second-order valence-electron chi connectivity index (χ2n) is 5.79. The van der Waals surface area contributed by atoms with Gasteiger partial charge in [-0.3, -0.25) is 4.79 Å². The van der Waals surface area contributed by atoms with E-state index in [0.29, 0.717) is 30.2 Å². The van der Waals surface area contributed by atoms with E-state index in [2.05, 4.69) is 14.9 Å². The molecule has 0 aliphatic heterocycles. The number of hydrogen-bond acceptors (Lipinski definition) is 4. The van der Waals surface area contributed by atoms with Crippen molar-refractivity contribution in [2.24, 2.45) is 0 Å². The van der Waals surface area contributed by atoms with Crippen molar-refractivity contribution in [1.82, 2.24) is 14.9 Å². The van der Waals surface area contributed by atoms with Crippen molar-refractivity contribution in [3.63, 3.8) is 0 Å². The Morgan fingerprint density at radius 3 is 2.72 bits per heavy atom. The van der Waals surface area contributed by atoms with Crippen LogP contribution in [0.25, 0.3) is 0 Å². The van der Waals surface area contributed by atoms with E-state index in [4.69, 9.17) is 0 Å². The van der Waals surface area contributed by atoms with Crippen molar-refractivity contribution in [2.75, 3.05) is 0 Å². The Morgan fingerprint density at radius 2 is 2.00 bits per heavy atom. The molecule has 0 spiro atoms. The highest BCUT2D eigenvalue weighted by Crippen LogP contribution is 2.30. The van der Waals surface area contributed by atoms with Crippen LogP contribution in [0.15, 0.2) is 40.0 Å². The summed E-state index contributed by atoms with van der Waals surface area (Å²) in [7, 11) is -4.11. The van der Waals surface area contributed by atoms with E-state index in [-0.39, 0.29) is 12.0 Å². The van der Waals surface area contributed by atoms with Gasteiger partial charge in [-0.05, 0) is 43.0 Å². The van der Waals surface area contributed by atoms with Crippen LogP contribution < -0.4 is 10.3 Å². The Hall–Kier alpha value is -2.20. The van der Waals surface area contributed by atoms with Gasteiger partial charge in [0.15, 0.2) is 0 Å². The molecule has 0 saturated heterocycles. The molecule has 1 unspecified atom stereocenters. The number of aromatic nitrogens is 2. The maximum absolute atomic E-state index is 12.8. The minimum absolute atomic E-state index is 0.254. The second kappa shape index (κ2) is 6.26. The normalized spacial score (nSPS) is 18.0. The van der Waals surface area contributed by atoms with Gasteiger partial charge in [0.25, 0.3) is 5.56 Å². The summed E-state index contributed by atoms with van der Waals surface area (Å²) in [6, 6.07) is 4.42. The summed E-state index contributed by atoms with van der Waals surface area (Å²) in [6.45, 7) is 0. The molecule has 1 heterocycles. The molecule has 1 aliphatic rings. The summed E-state index contributed by atoms with van der Waals surface area (Å²) in [4.78, 5) is 10.9. The molecule has 1 aliphatic carbocycles. The summed E-state index contributed by atoms with van der Waals surface area (Å²) in [5, 5.41) is 6.22. The highest BCUT2D eigenvalue weighted by atomic mass is 32.2. The van der Waals surface area contributed by atoms with Crippen LogP contribution in [0.4, 0.5) is 13.2 Å². The molecule has 2 aromatic rings. The number of aryl methyl sites for hydroxylation is 1. The van der Waals surface area contributed by atoms with E-state index >= 15 is 0 Å². The van der Waals surface area contributed by atoms with Crippen LogP contribution in [-0.4, -0.2) is 24.7 Å². The Bertz CT molecular complexity index is 954. The molecule has 6 nitrogen and oxygen atoms in total. The summed E-state index contributed by atoms with van der Waals surface area (Å²) in [5.41, 5.74) is -0.0962. The fraction of sp³-hybridized carbons (Fsp3) is 0.333. The van der Waals surface area contributed by atoms with Gasteiger partial charge in [-0.15, -0.1) is 0 Å². The quantitative estimate of drug-likeness (QED) is 0.855. The zero-order valence-corrected chi connectivity index (χ0v) is 13.6. The van der Waals surface area contributed by atoms with Crippen LogP contribution in [0.1, 0.15) is 23.2 Å². The first-order chi connectivity index (χ1) is 11.6. The van der Waals surface area contributed by atoms with Crippen LogP contribution >= 0.6 is 0 Å². The first kappa shape index (κ1) is 17.6. The van der Waals surface area contributed by atoms with Crippen LogP contribution in [0, 0.1) is 0 Å². The minimum Gasteiger partial charge on any atom is -0.268 e. The highest BCUT2D eigenvalue weighted by Gasteiger charge is 2.32. The lowest BCUT2D eigenvalue weighted by Gasteiger charge is -2.24. The van der Waals surface area contributed by atoms with Crippen LogP contribution in [-0.2, 0) is 29.0 Å². The predicted octanol–water partition coefficient (Wildman–Crippen LogP) is 1.62. The van der Waals surface area contributed by atoms with Gasteiger partial charge in [0.1, 0.15) is 0 Å². The molecular formula is C15H14F3N3O3S. The number of fused-ring (bicyclic) bond motifs is 1. The van der Waals surface area contributed by atoms with Crippen molar-refractivity contribution < 1.29 is 21.6 Å². The molecule has 134 valence electrons. The van der Waals surface area contributed by atoms with Gasteiger partial charge < -0.3 is 0 Å². The van der Waals surface area contributed by atoms with E-state index in [1.54, 1.807) is 0 Å². The summed E-state index contributed by atoms with van der Waals surface area (Å²) in [5.74, 6) is 0. The molecule has 1 aromatic heterocycles. The molecule has 25 heavy (non-hydrogen) atoms. The number of H-pyrrole nitrogens is 1. The summed E-state index contributed by atoms with van der Waals surface area (Å²) in [6.07, 6.45) is -3.47. The first-order valence-electron chi connectivity index (χ1n) is 7.42. The molecular weight excluding hydrogens is 359 g/mol. The summed E-state index contributed by atoms with van der Waals surface area (Å²) < 4.78 is 65.5. The highest BCUT2D eigenvalue weighted by molar-refractivity contribution is 7.89. The van der Waals surface area contributed by atoms with E-state index in [9.17, 15) is 26.4 Å². The van der Waals surface area contributed by atoms with Crippen LogP contribution in [0.5, 0.6) is 0 Å². The van der Waals surface area contributed by atoms with Crippen molar-refractivity contribution in [3.8, 4) is 0 Å². The van der Waals surface area contributed by atoms with E-state index in [1.807, 2.05) is 0 Å². The maximum atomic E-state index is 12.8. The van der Waals surface area contributed by atoms with Crippen molar-refractivity contribution >= 4 is 10.0 Å². The zero-order valence-electron chi connectivity index (χ0n) is 12.8. The number of rotatable bonds is 3. The van der Waals surface area contributed by atoms with Gasteiger partial charge in [0.2, 0.25) is 10.0 Å². The van der Waals surface area contributed by atoms with E-state index in [0.717, 1.165) is 18.2 Å². The number of aromatic amines is 1. The Morgan fingerprint density at radius 1 is 1.24 bits per heavy atom. The largest absolute Gasteiger partial charge is 0.416 e. The third kappa shape index (κ3) is 3.90. The average molecular weight is 373 g/mol. The summed E-state index contributed by atoms with van der Waals surface area (Å²) >= 11 is 0. The number of halogens is 3. The zero-order chi connectivity index (χ0) is 18.2. The predicted molar refractivity (Wildman–Crippen MR) is 82.4 cm³/mol. The first-order valence-corrected chi connectivity index (χ1v) is 8.90. The number of nitrogens with one attached hydrogen (secondary N) is 2. The second-order valence-corrected chi connectivity index (χ2v) is 7.50. The molecule has 0 amide bonds. The van der Waals surface area contributed by atoms with Gasteiger partial charge in [-0.2, -0.15) is 18.3 Å². The molecule has 0 bridgehead atoms. The topological polar surface area (TPSA) is 91.9 Å². The Kier molecular flexibility index (Phi) is 4.41. The average Bonchev–Trinajstić information content (AvgIpc) is 2.53. The minimum atomic E-state index is -4.62. The maximum Gasteiger partial charge on any atom is 0.416 e. The van der Waals surface area contributed by atoms with Gasteiger partial charge in [0.05, 0.1) is 16.2 Å². The third-order valence-corrected chi connectivity index (χ3v) is 5.48. The number of benzene rings is 1. The molecule has 1 atom stereocenters. The fourth-order valence-corrected chi connectivity index (χ4v) is 4.08. The van der Waals surface area contributed by atoms with Crippen molar-refractivity contribution in [2.45, 2.75) is 36.4 Å². The SMILES string of the molecule is O=c1cc2c(n[nH]1)CCC(NS(=O)(=O)c1cccc(C(F)(F)F)c1)C2. The molecule has 1 aromatic carbocycles.